The molecule has 1 aliphatic heterocycles. The fraction of sp³-hybridized carbons (Fsp3) is 0.360. The predicted octanol–water partition coefficient (Wildman–Crippen LogP) is 4.46. The number of halogens is 1. The van der Waals surface area contributed by atoms with Gasteiger partial charge in [0.25, 0.3) is 5.91 Å². The zero-order chi connectivity index (χ0) is 22.9. The Hall–Kier alpha value is -3.35. The highest BCUT2D eigenvalue weighted by atomic mass is 19.1. The van der Waals surface area contributed by atoms with Crippen LogP contribution in [0.3, 0.4) is 0 Å². The van der Waals surface area contributed by atoms with Crippen molar-refractivity contribution < 1.29 is 18.4 Å². The van der Waals surface area contributed by atoms with Crippen molar-refractivity contribution in [3.8, 4) is 11.5 Å². The standard InChI is InChI=1S/C25H28FN3O3/c1-17(2)12-13-27-24(31)25(3)16-28-20(22-9-6-14-32-22)10-11-21(28)23(30)29(25)15-18-7-4-5-8-19(18)26/h4-11,14,17H,12-13,15-16H2,1-3H3,(H,27,31)/t25-/m1/s1. The van der Waals surface area contributed by atoms with Gasteiger partial charge in [-0.3, -0.25) is 9.59 Å². The van der Waals surface area contributed by atoms with E-state index in [1.807, 2.05) is 16.7 Å². The van der Waals surface area contributed by atoms with E-state index in [2.05, 4.69) is 19.2 Å². The smallest absolute Gasteiger partial charge is 0.271 e. The molecule has 0 radical (unpaired) electrons. The van der Waals surface area contributed by atoms with Crippen LogP contribution in [-0.4, -0.2) is 33.4 Å². The summed E-state index contributed by atoms with van der Waals surface area (Å²) < 4.78 is 21.8. The van der Waals surface area contributed by atoms with E-state index < -0.39 is 11.4 Å². The van der Waals surface area contributed by atoms with E-state index >= 15 is 0 Å². The summed E-state index contributed by atoms with van der Waals surface area (Å²) in [6.45, 7) is 6.66. The molecule has 1 N–H and O–H groups in total. The molecule has 6 nitrogen and oxygen atoms in total. The van der Waals surface area contributed by atoms with E-state index in [0.29, 0.717) is 29.5 Å². The lowest BCUT2D eigenvalue weighted by Gasteiger charge is -2.44. The Morgan fingerprint density at radius 2 is 1.91 bits per heavy atom. The van der Waals surface area contributed by atoms with E-state index in [-0.39, 0.29) is 24.9 Å². The van der Waals surface area contributed by atoms with Gasteiger partial charge in [0.15, 0.2) is 0 Å². The second-order valence-corrected chi connectivity index (χ2v) is 8.86. The molecule has 0 fully saturated rings. The van der Waals surface area contributed by atoms with Crippen molar-refractivity contribution in [2.45, 2.75) is 45.8 Å². The number of carbonyl (C=O) groups is 2. The summed E-state index contributed by atoms with van der Waals surface area (Å²) in [5.74, 6) is 0.0767. The Labute approximate surface area is 187 Å². The number of fused-ring (bicyclic) bond motifs is 1. The SMILES string of the molecule is CC(C)CCNC(=O)[C@@]1(C)Cn2c(ccc2-c2ccco2)C(=O)N1Cc1ccccc1F. The third-order valence-electron chi connectivity index (χ3n) is 6.06. The van der Waals surface area contributed by atoms with Crippen LogP contribution >= 0.6 is 0 Å². The number of aromatic nitrogens is 1. The van der Waals surface area contributed by atoms with Gasteiger partial charge in [-0.05, 0) is 49.6 Å². The number of benzene rings is 1. The molecule has 2 aromatic heterocycles. The first kappa shape index (κ1) is 21.9. The molecule has 4 rings (SSSR count). The number of amides is 2. The van der Waals surface area contributed by atoms with Crippen LogP contribution in [0, 0.1) is 11.7 Å². The van der Waals surface area contributed by atoms with E-state index in [1.165, 1.54) is 11.0 Å². The van der Waals surface area contributed by atoms with Gasteiger partial charge >= 0.3 is 0 Å². The van der Waals surface area contributed by atoms with Crippen molar-refractivity contribution in [1.29, 1.82) is 0 Å². The molecule has 0 unspecified atom stereocenters. The minimum Gasteiger partial charge on any atom is -0.463 e. The van der Waals surface area contributed by atoms with Crippen LogP contribution in [0.4, 0.5) is 4.39 Å². The number of nitrogens with zero attached hydrogens (tertiary/aromatic N) is 2. The van der Waals surface area contributed by atoms with Gasteiger partial charge in [-0.2, -0.15) is 0 Å². The molecule has 0 spiro atoms. The van der Waals surface area contributed by atoms with Crippen molar-refractivity contribution in [3.05, 3.63) is 71.9 Å². The van der Waals surface area contributed by atoms with Crippen molar-refractivity contribution in [1.82, 2.24) is 14.8 Å². The molecule has 0 aliphatic carbocycles. The van der Waals surface area contributed by atoms with Crippen LogP contribution in [-0.2, 0) is 17.9 Å². The molecule has 168 valence electrons. The highest BCUT2D eigenvalue weighted by Gasteiger charge is 2.48. The number of furan rings is 1. The zero-order valence-electron chi connectivity index (χ0n) is 18.6. The highest BCUT2D eigenvalue weighted by Crippen LogP contribution is 2.34. The molecule has 1 atom stereocenters. The minimum atomic E-state index is -1.20. The number of hydrogen-bond acceptors (Lipinski definition) is 3. The van der Waals surface area contributed by atoms with Crippen molar-refractivity contribution in [2.24, 2.45) is 5.92 Å². The first-order valence-corrected chi connectivity index (χ1v) is 10.9. The number of rotatable bonds is 7. The Kier molecular flexibility index (Phi) is 5.91. The maximum atomic E-state index is 14.4. The minimum absolute atomic E-state index is 0.000866. The first-order valence-electron chi connectivity index (χ1n) is 10.9. The Bertz CT molecular complexity index is 1120. The monoisotopic (exact) mass is 437 g/mol. The fourth-order valence-electron chi connectivity index (χ4n) is 4.12. The number of carbonyl (C=O) groups excluding carboxylic acids is 2. The lowest BCUT2D eigenvalue weighted by Crippen LogP contribution is -2.63. The van der Waals surface area contributed by atoms with Gasteiger partial charge in [-0.25, -0.2) is 4.39 Å². The highest BCUT2D eigenvalue weighted by molar-refractivity contribution is 6.00. The van der Waals surface area contributed by atoms with Gasteiger partial charge < -0.3 is 19.2 Å². The molecule has 0 bridgehead atoms. The maximum Gasteiger partial charge on any atom is 0.271 e. The van der Waals surface area contributed by atoms with Crippen LogP contribution < -0.4 is 5.32 Å². The summed E-state index contributed by atoms with van der Waals surface area (Å²) in [6, 6.07) is 13.5. The Balaban J connectivity index is 1.73. The average Bonchev–Trinajstić information content (AvgIpc) is 3.41. The fourth-order valence-corrected chi connectivity index (χ4v) is 4.12. The van der Waals surface area contributed by atoms with Gasteiger partial charge in [0, 0.05) is 12.1 Å². The molecule has 1 aromatic carbocycles. The molecular weight excluding hydrogens is 409 g/mol. The van der Waals surface area contributed by atoms with Gasteiger partial charge in [0.05, 0.1) is 25.0 Å². The van der Waals surface area contributed by atoms with Crippen LogP contribution in [0.15, 0.2) is 59.2 Å². The quantitative estimate of drug-likeness (QED) is 0.593. The summed E-state index contributed by atoms with van der Waals surface area (Å²) in [5.41, 5.74) is 0.336. The van der Waals surface area contributed by atoms with E-state index in [9.17, 15) is 14.0 Å². The first-order chi connectivity index (χ1) is 15.3. The second-order valence-electron chi connectivity index (χ2n) is 8.86. The van der Waals surface area contributed by atoms with E-state index in [4.69, 9.17) is 4.42 Å². The van der Waals surface area contributed by atoms with Crippen molar-refractivity contribution in [2.75, 3.05) is 6.54 Å². The van der Waals surface area contributed by atoms with Crippen LogP contribution in [0.1, 0.15) is 43.2 Å². The van der Waals surface area contributed by atoms with E-state index in [1.54, 1.807) is 43.5 Å². The summed E-state index contributed by atoms with van der Waals surface area (Å²) in [6.07, 6.45) is 2.40. The number of hydrogen-bond donors (Lipinski definition) is 1. The van der Waals surface area contributed by atoms with Crippen LogP contribution in [0.2, 0.25) is 0 Å². The van der Waals surface area contributed by atoms with Crippen LogP contribution in [0.5, 0.6) is 0 Å². The lowest BCUT2D eigenvalue weighted by atomic mass is 9.93. The lowest BCUT2D eigenvalue weighted by molar-refractivity contribution is -0.133. The third kappa shape index (κ3) is 3.95. The molecule has 3 heterocycles. The largest absolute Gasteiger partial charge is 0.463 e. The molecule has 0 saturated carbocycles. The molecule has 7 heteroatoms. The molecule has 0 saturated heterocycles. The summed E-state index contributed by atoms with van der Waals surface area (Å²) in [4.78, 5) is 28.5. The van der Waals surface area contributed by atoms with Gasteiger partial charge in [-0.15, -0.1) is 0 Å². The molecule has 1 aliphatic rings. The summed E-state index contributed by atoms with van der Waals surface area (Å²) >= 11 is 0. The molecular formula is C25H28FN3O3. The third-order valence-corrected chi connectivity index (χ3v) is 6.06. The summed E-state index contributed by atoms with van der Waals surface area (Å²) in [7, 11) is 0. The van der Waals surface area contributed by atoms with Gasteiger partial charge in [0.2, 0.25) is 5.91 Å². The Morgan fingerprint density at radius 1 is 1.16 bits per heavy atom. The average molecular weight is 438 g/mol. The molecule has 2 amide bonds. The summed E-state index contributed by atoms with van der Waals surface area (Å²) in [5, 5.41) is 2.99. The van der Waals surface area contributed by atoms with Crippen LogP contribution in [0.25, 0.3) is 11.5 Å². The maximum absolute atomic E-state index is 14.4. The predicted molar refractivity (Wildman–Crippen MR) is 119 cm³/mol. The topological polar surface area (TPSA) is 67.5 Å². The van der Waals surface area contributed by atoms with Gasteiger partial charge in [0.1, 0.15) is 22.8 Å². The normalized spacial score (nSPS) is 18.2. The van der Waals surface area contributed by atoms with Crippen molar-refractivity contribution in [3.63, 3.8) is 0 Å². The van der Waals surface area contributed by atoms with E-state index in [0.717, 1.165) is 12.1 Å². The zero-order valence-corrected chi connectivity index (χ0v) is 18.6. The number of nitrogens with one attached hydrogen (secondary N) is 1. The molecule has 32 heavy (non-hydrogen) atoms. The van der Waals surface area contributed by atoms with Gasteiger partial charge in [-0.1, -0.05) is 32.0 Å². The second kappa shape index (κ2) is 8.65. The Morgan fingerprint density at radius 3 is 2.59 bits per heavy atom. The van der Waals surface area contributed by atoms with Crippen molar-refractivity contribution >= 4 is 11.8 Å². The molecule has 3 aromatic rings.